The highest BCUT2D eigenvalue weighted by Gasteiger charge is 2.20. The maximum Gasteiger partial charge on any atom is -0.0250 e. The molecule has 0 bridgehead atoms. The Hall–Kier alpha value is -1.56. The Balaban J connectivity index is 0. The molecular weight excluding hydrogens is 276 g/mol. The van der Waals surface area contributed by atoms with Crippen LogP contribution in [0.5, 0.6) is 0 Å². The molecule has 1 aliphatic rings. The van der Waals surface area contributed by atoms with Gasteiger partial charge in [-0.2, -0.15) is 0 Å². The van der Waals surface area contributed by atoms with Gasteiger partial charge in [-0.25, -0.2) is 0 Å². The number of hydrogen-bond acceptors (Lipinski definition) is 0. The highest BCUT2D eigenvalue weighted by Crippen LogP contribution is 2.32. The van der Waals surface area contributed by atoms with Crippen molar-refractivity contribution in [3.63, 3.8) is 0 Å². The van der Waals surface area contributed by atoms with E-state index in [0.29, 0.717) is 0 Å². The van der Waals surface area contributed by atoms with Crippen LogP contribution in [0.15, 0.2) is 54.6 Å². The van der Waals surface area contributed by atoms with Crippen LogP contribution in [0.25, 0.3) is 0 Å². The average molecular weight is 315 g/mol. The Morgan fingerprint density at radius 1 is 0.696 bits per heavy atom. The van der Waals surface area contributed by atoms with Crippen molar-refractivity contribution in [2.45, 2.75) is 68.2 Å². The summed E-state index contributed by atoms with van der Waals surface area (Å²) in [7, 11) is 0. The van der Waals surface area contributed by atoms with Gasteiger partial charge < -0.3 is 0 Å². The van der Waals surface area contributed by atoms with Gasteiger partial charge in [-0.3, -0.25) is 0 Å². The monoisotopic (exact) mass is 314 g/mol. The van der Waals surface area contributed by atoms with Crippen LogP contribution < -0.4 is 0 Å². The van der Waals surface area contributed by atoms with Crippen molar-refractivity contribution in [2.24, 2.45) is 5.92 Å². The molecule has 23 heavy (non-hydrogen) atoms. The third-order valence-corrected chi connectivity index (χ3v) is 3.28. The van der Waals surface area contributed by atoms with Gasteiger partial charge in [0.25, 0.3) is 0 Å². The van der Waals surface area contributed by atoms with Crippen LogP contribution in [0.2, 0.25) is 0 Å². The highest BCUT2D eigenvalue weighted by atomic mass is 14.3. The minimum absolute atomic E-state index is 0. The maximum absolute atomic E-state index is 2.22. The van der Waals surface area contributed by atoms with Crippen LogP contribution in [0, 0.1) is 19.8 Å². The van der Waals surface area contributed by atoms with E-state index in [1.54, 1.807) is 0 Å². The van der Waals surface area contributed by atoms with E-state index in [0.717, 1.165) is 5.92 Å². The van der Waals surface area contributed by atoms with Gasteiger partial charge in [0.2, 0.25) is 0 Å². The third kappa shape index (κ3) is 12.6. The normalized spacial score (nSPS) is 11.2. The molecule has 0 atom stereocenters. The molecule has 0 saturated heterocycles. The number of aryl methyl sites for hydroxylation is 2. The van der Waals surface area contributed by atoms with Crippen molar-refractivity contribution in [1.82, 2.24) is 0 Å². The topological polar surface area (TPSA) is 0 Å². The van der Waals surface area contributed by atoms with Crippen LogP contribution in [0.3, 0.4) is 0 Å². The average Bonchev–Trinajstić information content (AvgIpc) is 3.40. The Bertz CT molecular complexity index is 428. The lowest BCUT2D eigenvalue weighted by atomic mass is 10.1. The quantitative estimate of drug-likeness (QED) is 0.534. The molecule has 0 spiro atoms. The number of hydrogen-bond donors (Lipinski definition) is 0. The second-order valence-electron chi connectivity index (χ2n) is 5.29. The standard InChI is InChI=1S/C10H12.C8H10.2C2H6.CH4/c1-2-4-9(5-3-1)8-10-6-7-10;1-7-3-5-8(2)6-4-7;2*1-2;/h1-5,10H,6-8H2;3-6H,1-2H3;2*1-2H3;1H4. The van der Waals surface area contributed by atoms with Crippen molar-refractivity contribution in [1.29, 1.82) is 0 Å². The van der Waals surface area contributed by atoms with E-state index >= 15 is 0 Å². The minimum atomic E-state index is 0. The first-order valence-corrected chi connectivity index (χ1v) is 8.81. The summed E-state index contributed by atoms with van der Waals surface area (Å²) in [4.78, 5) is 0. The van der Waals surface area contributed by atoms with Crippen molar-refractivity contribution < 1.29 is 0 Å². The summed E-state index contributed by atoms with van der Waals surface area (Å²) in [6.45, 7) is 12.2. The lowest BCUT2D eigenvalue weighted by Gasteiger charge is -1.95. The zero-order valence-electron chi connectivity index (χ0n) is 15.4. The summed E-state index contributed by atoms with van der Waals surface area (Å²) in [5.74, 6) is 1.02. The summed E-state index contributed by atoms with van der Waals surface area (Å²) in [5, 5.41) is 0. The van der Waals surface area contributed by atoms with E-state index in [9.17, 15) is 0 Å². The Labute approximate surface area is 146 Å². The SMILES string of the molecule is C.CC.CC.Cc1ccc(C)cc1.c1ccc(CC2CC2)cc1. The Morgan fingerprint density at radius 2 is 1.09 bits per heavy atom. The fraction of sp³-hybridized carbons (Fsp3) is 0.478. The molecule has 1 saturated carbocycles. The summed E-state index contributed by atoms with van der Waals surface area (Å²) in [6.07, 6.45) is 4.21. The molecule has 1 fully saturated rings. The molecule has 0 amide bonds. The minimum Gasteiger partial charge on any atom is -0.0776 e. The highest BCUT2D eigenvalue weighted by molar-refractivity contribution is 5.19. The van der Waals surface area contributed by atoms with E-state index in [1.165, 1.54) is 36.0 Å². The van der Waals surface area contributed by atoms with Crippen molar-refractivity contribution in [3.05, 3.63) is 71.3 Å². The second-order valence-corrected chi connectivity index (χ2v) is 5.29. The van der Waals surface area contributed by atoms with E-state index in [2.05, 4.69) is 68.4 Å². The Kier molecular flexibility index (Phi) is 15.8. The van der Waals surface area contributed by atoms with Gasteiger partial charge in [-0.1, -0.05) is 101 Å². The smallest absolute Gasteiger partial charge is 0.0250 e. The van der Waals surface area contributed by atoms with E-state index < -0.39 is 0 Å². The van der Waals surface area contributed by atoms with Crippen molar-refractivity contribution >= 4 is 0 Å². The molecule has 1 aliphatic carbocycles. The van der Waals surface area contributed by atoms with Crippen LogP contribution in [0.1, 0.15) is 64.7 Å². The van der Waals surface area contributed by atoms with E-state index in [-0.39, 0.29) is 7.43 Å². The maximum atomic E-state index is 2.22. The molecule has 3 rings (SSSR count). The molecule has 0 aromatic heterocycles. The fourth-order valence-corrected chi connectivity index (χ4v) is 1.91. The summed E-state index contributed by atoms with van der Waals surface area (Å²) in [6, 6.07) is 19.2. The molecule has 0 heterocycles. The lowest BCUT2D eigenvalue weighted by Crippen LogP contribution is -1.84. The molecule has 0 aliphatic heterocycles. The van der Waals surface area contributed by atoms with Crippen LogP contribution >= 0.6 is 0 Å². The van der Waals surface area contributed by atoms with Gasteiger partial charge in [0.05, 0.1) is 0 Å². The predicted molar refractivity (Wildman–Crippen MR) is 108 cm³/mol. The molecule has 0 nitrogen and oxygen atoms in total. The lowest BCUT2D eigenvalue weighted by molar-refractivity contribution is 0.832. The van der Waals surface area contributed by atoms with E-state index in [4.69, 9.17) is 0 Å². The van der Waals surface area contributed by atoms with Gasteiger partial charge >= 0.3 is 0 Å². The predicted octanol–water partition coefficient (Wildman–Crippen LogP) is 7.63. The van der Waals surface area contributed by atoms with Crippen molar-refractivity contribution in [3.8, 4) is 0 Å². The molecule has 2 aromatic rings. The molecule has 0 heteroatoms. The molecule has 130 valence electrons. The first-order chi connectivity index (χ1) is 10.7. The Morgan fingerprint density at radius 3 is 1.43 bits per heavy atom. The fourth-order valence-electron chi connectivity index (χ4n) is 1.91. The zero-order valence-corrected chi connectivity index (χ0v) is 15.4. The van der Waals surface area contributed by atoms with Gasteiger partial charge in [-0.15, -0.1) is 0 Å². The summed E-state index contributed by atoms with van der Waals surface area (Å²) >= 11 is 0. The molecule has 2 aromatic carbocycles. The number of rotatable bonds is 2. The molecule has 0 N–H and O–H groups in total. The first-order valence-electron chi connectivity index (χ1n) is 8.81. The van der Waals surface area contributed by atoms with Crippen LogP contribution in [-0.2, 0) is 6.42 Å². The van der Waals surface area contributed by atoms with Gasteiger partial charge in [-0.05, 0) is 44.6 Å². The third-order valence-electron chi connectivity index (χ3n) is 3.28. The van der Waals surface area contributed by atoms with Gasteiger partial charge in [0, 0.05) is 0 Å². The second kappa shape index (κ2) is 15.3. The van der Waals surface area contributed by atoms with Gasteiger partial charge in [0.15, 0.2) is 0 Å². The largest absolute Gasteiger partial charge is 0.0776 e. The van der Waals surface area contributed by atoms with Crippen molar-refractivity contribution in [2.75, 3.05) is 0 Å². The number of benzene rings is 2. The molecular formula is C23H38. The van der Waals surface area contributed by atoms with Crippen LogP contribution in [-0.4, -0.2) is 0 Å². The molecule has 0 unspecified atom stereocenters. The van der Waals surface area contributed by atoms with E-state index in [1.807, 2.05) is 27.7 Å². The zero-order chi connectivity index (χ0) is 16.8. The summed E-state index contributed by atoms with van der Waals surface area (Å²) < 4.78 is 0. The molecule has 0 radical (unpaired) electrons. The summed E-state index contributed by atoms with van der Waals surface area (Å²) in [5.41, 5.74) is 4.16. The first kappa shape index (κ1) is 23.7. The van der Waals surface area contributed by atoms with Crippen LogP contribution in [0.4, 0.5) is 0 Å². The van der Waals surface area contributed by atoms with Gasteiger partial charge in [0.1, 0.15) is 0 Å².